The SMILES string of the molecule is CCN(CC)C(=O)CNc1nc(Cl)nc(C)c1N. The normalized spacial score (nSPS) is 10.2. The highest BCUT2D eigenvalue weighted by Gasteiger charge is 2.12. The maximum atomic E-state index is 11.8. The molecule has 0 saturated heterocycles. The zero-order valence-corrected chi connectivity index (χ0v) is 11.6. The number of nitrogens with two attached hydrogens (primary N) is 1. The topological polar surface area (TPSA) is 84.1 Å². The molecule has 0 atom stereocenters. The van der Waals surface area contributed by atoms with Gasteiger partial charge in [0.1, 0.15) is 0 Å². The van der Waals surface area contributed by atoms with Crippen molar-refractivity contribution >= 4 is 29.0 Å². The van der Waals surface area contributed by atoms with E-state index in [4.69, 9.17) is 17.3 Å². The molecule has 0 aromatic carbocycles. The highest BCUT2D eigenvalue weighted by atomic mass is 35.5. The van der Waals surface area contributed by atoms with Crippen molar-refractivity contribution in [1.29, 1.82) is 0 Å². The quantitative estimate of drug-likeness (QED) is 0.789. The molecule has 0 aliphatic carbocycles. The van der Waals surface area contributed by atoms with E-state index in [2.05, 4.69) is 15.3 Å². The van der Waals surface area contributed by atoms with Crippen LogP contribution in [0.15, 0.2) is 0 Å². The van der Waals surface area contributed by atoms with Crippen molar-refractivity contribution in [2.45, 2.75) is 20.8 Å². The van der Waals surface area contributed by atoms with Crippen LogP contribution in [0.3, 0.4) is 0 Å². The Morgan fingerprint density at radius 1 is 1.39 bits per heavy atom. The molecule has 0 fully saturated rings. The molecule has 0 unspecified atom stereocenters. The van der Waals surface area contributed by atoms with Crippen LogP contribution < -0.4 is 11.1 Å². The number of rotatable bonds is 5. The van der Waals surface area contributed by atoms with Crippen LogP contribution in [0.1, 0.15) is 19.5 Å². The molecule has 1 aromatic rings. The number of anilines is 2. The lowest BCUT2D eigenvalue weighted by Gasteiger charge is -2.19. The Labute approximate surface area is 112 Å². The van der Waals surface area contributed by atoms with E-state index in [1.807, 2.05) is 13.8 Å². The lowest BCUT2D eigenvalue weighted by Crippen LogP contribution is -2.35. The van der Waals surface area contributed by atoms with Crippen LogP contribution in [0.5, 0.6) is 0 Å². The number of aryl methyl sites for hydroxylation is 1. The molecular weight excluding hydrogens is 254 g/mol. The Balaban J connectivity index is 2.72. The fourth-order valence-electron chi connectivity index (χ4n) is 1.53. The molecule has 0 aliphatic rings. The monoisotopic (exact) mass is 271 g/mol. The van der Waals surface area contributed by atoms with E-state index in [-0.39, 0.29) is 17.7 Å². The van der Waals surface area contributed by atoms with Crippen LogP contribution in [0.2, 0.25) is 5.28 Å². The van der Waals surface area contributed by atoms with Crippen LogP contribution >= 0.6 is 11.6 Å². The Bertz CT molecular complexity index is 434. The third-order valence-electron chi connectivity index (χ3n) is 2.63. The number of halogens is 1. The first-order valence-corrected chi connectivity index (χ1v) is 6.18. The number of carbonyl (C=O) groups excluding carboxylic acids is 1. The van der Waals surface area contributed by atoms with Crippen molar-refractivity contribution in [3.05, 3.63) is 11.0 Å². The van der Waals surface area contributed by atoms with Crippen LogP contribution in [-0.2, 0) is 4.79 Å². The molecule has 7 heteroatoms. The summed E-state index contributed by atoms with van der Waals surface area (Å²) in [5, 5.41) is 3.00. The van der Waals surface area contributed by atoms with E-state index in [1.165, 1.54) is 0 Å². The average Bonchev–Trinajstić information content (AvgIpc) is 2.33. The summed E-state index contributed by atoms with van der Waals surface area (Å²) in [4.78, 5) is 21.4. The molecule has 100 valence electrons. The Morgan fingerprint density at radius 2 is 2.00 bits per heavy atom. The summed E-state index contributed by atoms with van der Waals surface area (Å²) < 4.78 is 0. The fraction of sp³-hybridized carbons (Fsp3) is 0.545. The first kappa shape index (κ1) is 14.5. The number of carbonyl (C=O) groups is 1. The van der Waals surface area contributed by atoms with Gasteiger partial charge in [-0.1, -0.05) is 0 Å². The molecule has 0 spiro atoms. The van der Waals surface area contributed by atoms with Crippen molar-refractivity contribution in [2.75, 3.05) is 30.7 Å². The number of hydrogen-bond donors (Lipinski definition) is 2. The van der Waals surface area contributed by atoms with Gasteiger partial charge in [0, 0.05) is 13.1 Å². The molecule has 18 heavy (non-hydrogen) atoms. The van der Waals surface area contributed by atoms with Crippen LogP contribution in [-0.4, -0.2) is 40.4 Å². The maximum absolute atomic E-state index is 11.8. The van der Waals surface area contributed by atoms with E-state index >= 15 is 0 Å². The molecule has 1 amide bonds. The molecule has 3 N–H and O–H groups in total. The van der Waals surface area contributed by atoms with Gasteiger partial charge in [0.2, 0.25) is 11.2 Å². The van der Waals surface area contributed by atoms with Gasteiger partial charge in [-0.25, -0.2) is 4.98 Å². The van der Waals surface area contributed by atoms with Gasteiger partial charge in [-0.3, -0.25) is 4.79 Å². The number of amides is 1. The van der Waals surface area contributed by atoms with Crippen LogP contribution in [0.25, 0.3) is 0 Å². The third kappa shape index (κ3) is 3.46. The highest BCUT2D eigenvalue weighted by molar-refractivity contribution is 6.28. The summed E-state index contributed by atoms with van der Waals surface area (Å²) in [7, 11) is 0. The van der Waals surface area contributed by atoms with Crippen molar-refractivity contribution in [3.8, 4) is 0 Å². The molecule has 1 rings (SSSR count). The molecule has 6 nitrogen and oxygen atoms in total. The Morgan fingerprint density at radius 3 is 2.56 bits per heavy atom. The first-order chi connectivity index (χ1) is 8.49. The van der Waals surface area contributed by atoms with Crippen molar-refractivity contribution < 1.29 is 4.79 Å². The van der Waals surface area contributed by atoms with Gasteiger partial charge in [-0.15, -0.1) is 0 Å². The van der Waals surface area contributed by atoms with E-state index < -0.39 is 0 Å². The third-order valence-corrected chi connectivity index (χ3v) is 2.80. The number of nitrogens with zero attached hydrogens (tertiary/aromatic N) is 3. The summed E-state index contributed by atoms with van der Waals surface area (Å²) >= 11 is 5.74. The molecule has 0 saturated carbocycles. The smallest absolute Gasteiger partial charge is 0.241 e. The number of nitrogen functional groups attached to an aromatic ring is 1. The highest BCUT2D eigenvalue weighted by Crippen LogP contribution is 2.20. The number of likely N-dealkylation sites (N-methyl/N-ethyl adjacent to an activating group) is 1. The van der Waals surface area contributed by atoms with E-state index in [0.29, 0.717) is 30.3 Å². The Kier molecular flexibility index (Phi) is 5.15. The predicted molar refractivity (Wildman–Crippen MR) is 72.6 cm³/mol. The number of hydrogen-bond acceptors (Lipinski definition) is 5. The molecule has 0 bridgehead atoms. The summed E-state index contributed by atoms with van der Waals surface area (Å²) in [5.74, 6) is 0.389. The number of aromatic nitrogens is 2. The van der Waals surface area contributed by atoms with E-state index in [0.717, 1.165) is 0 Å². The summed E-state index contributed by atoms with van der Waals surface area (Å²) in [6, 6.07) is 0. The minimum Gasteiger partial charge on any atom is -0.394 e. The van der Waals surface area contributed by atoms with Crippen molar-refractivity contribution in [2.24, 2.45) is 0 Å². The van der Waals surface area contributed by atoms with Gasteiger partial charge in [0.05, 0.1) is 17.9 Å². The Hall–Kier alpha value is -1.56. The van der Waals surface area contributed by atoms with Gasteiger partial charge in [0.15, 0.2) is 5.82 Å². The second kappa shape index (κ2) is 6.39. The molecule has 0 aliphatic heterocycles. The standard InChI is InChI=1S/C11H18ClN5O/c1-4-17(5-2)8(18)6-14-10-9(13)7(3)15-11(12)16-10/h4-6,13H2,1-3H3,(H,14,15,16). The average molecular weight is 272 g/mol. The van der Waals surface area contributed by atoms with Crippen LogP contribution in [0, 0.1) is 6.92 Å². The summed E-state index contributed by atoms with van der Waals surface area (Å²) in [6.07, 6.45) is 0. The lowest BCUT2D eigenvalue weighted by atomic mass is 10.3. The molecular formula is C11H18ClN5O. The second-order valence-corrected chi connectivity index (χ2v) is 4.10. The van der Waals surface area contributed by atoms with Crippen molar-refractivity contribution in [1.82, 2.24) is 14.9 Å². The molecule has 1 heterocycles. The van der Waals surface area contributed by atoms with Gasteiger partial charge >= 0.3 is 0 Å². The van der Waals surface area contributed by atoms with Gasteiger partial charge in [-0.05, 0) is 32.4 Å². The largest absolute Gasteiger partial charge is 0.394 e. The number of nitrogens with one attached hydrogen (secondary N) is 1. The zero-order chi connectivity index (χ0) is 13.7. The van der Waals surface area contributed by atoms with Crippen molar-refractivity contribution in [3.63, 3.8) is 0 Å². The van der Waals surface area contributed by atoms with Gasteiger partial charge in [0.25, 0.3) is 0 Å². The zero-order valence-electron chi connectivity index (χ0n) is 10.8. The molecule has 0 radical (unpaired) electrons. The minimum absolute atomic E-state index is 0.00760. The predicted octanol–water partition coefficient (Wildman–Crippen LogP) is 1.30. The van der Waals surface area contributed by atoms with Gasteiger partial charge < -0.3 is 16.0 Å². The van der Waals surface area contributed by atoms with E-state index in [1.54, 1.807) is 11.8 Å². The summed E-state index contributed by atoms with van der Waals surface area (Å²) in [6.45, 7) is 7.09. The van der Waals surface area contributed by atoms with Crippen LogP contribution in [0.4, 0.5) is 11.5 Å². The molecule has 1 aromatic heterocycles. The summed E-state index contributed by atoms with van der Waals surface area (Å²) in [5.41, 5.74) is 6.81. The van der Waals surface area contributed by atoms with Gasteiger partial charge in [-0.2, -0.15) is 4.98 Å². The maximum Gasteiger partial charge on any atom is 0.241 e. The minimum atomic E-state index is -0.00760. The van der Waals surface area contributed by atoms with E-state index in [9.17, 15) is 4.79 Å². The first-order valence-electron chi connectivity index (χ1n) is 5.80. The second-order valence-electron chi connectivity index (χ2n) is 3.76. The lowest BCUT2D eigenvalue weighted by molar-refractivity contribution is -0.128. The fourth-order valence-corrected chi connectivity index (χ4v) is 1.74.